The first kappa shape index (κ1) is 19.7. The monoisotopic (exact) mass is 450 g/mol. The zero-order valence-electron chi connectivity index (χ0n) is 14.7. The Morgan fingerprint density at radius 2 is 1.84 bits per heavy atom. The van der Waals surface area contributed by atoms with Crippen LogP contribution in [0.1, 0.15) is 23.6 Å². The van der Waals surface area contributed by atoms with Crippen LogP contribution in [0.15, 0.2) is 53.5 Å². The number of nitrogens with two attached hydrogens (primary N) is 1. The minimum absolute atomic E-state index is 0. The highest BCUT2D eigenvalue weighted by atomic mass is 127. The van der Waals surface area contributed by atoms with Gasteiger partial charge in [0.1, 0.15) is 0 Å². The number of hydrogen-bond acceptors (Lipinski definition) is 2. The number of fused-ring (bicyclic) bond motifs is 1. The van der Waals surface area contributed by atoms with E-state index in [0.29, 0.717) is 12.5 Å². The largest absolute Gasteiger partial charge is 0.370 e. The van der Waals surface area contributed by atoms with Gasteiger partial charge in [0.25, 0.3) is 0 Å². The Bertz CT molecular complexity index is 697. The van der Waals surface area contributed by atoms with Crippen LogP contribution in [-0.2, 0) is 19.4 Å². The molecule has 0 fully saturated rings. The van der Waals surface area contributed by atoms with Crippen molar-refractivity contribution in [3.05, 3.63) is 65.2 Å². The molecule has 0 saturated carbocycles. The quantitative estimate of drug-likeness (QED) is 0.416. The van der Waals surface area contributed by atoms with E-state index in [1.807, 2.05) is 12.1 Å². The van der Waals surface area contributed by atoms with Crippen LogP contribution in [0.2, 0.25) is 0 Å². The number of benzene rings is 2. The van der Waals surface area contributed by atoms with Crippen LogP contribution in [0, 0.1) is 0 Å². The number of hydrogen-bond donors (Lipinski definition) is 2. The van der Waals surface area contributed by atoms with Crippen molar-refractivity contribution in [2.45, 2.75) is 26.3 Å². The molecule has 25 heavy (non-hydrogen) atoms. The van der Waals surface area contributed by atoms with E-state index >= 15 is 0 Å². The third-order valence-corrected chi connectivity index (χ3v) is 4.54. The van der Waals surface area contributed by atoms with Crippen molar-refractivity contribution in [2.24, 2.45) is 10.7 Å². The molecule has 0 radical (unpaired) electrons. The summed E-state index contributed by atoms with van der Waals surface area (Å²) in [5.74, 6) is 0.483. The number of rotatable bonds is 5. The summed E-state index contributed by atoms with van der Waals surface area (Å²) in [4.78, 5) is 6.89. The Morgan fingerprint density at radius 1 is 1.12 bits per heavy atom. The molecule has 0 saturated heterocycles. The lowest BCUT2D eigenvalue weighted by atomic mass is 10.0. The van der Waals surface area contributed by atoms with Gasteiger partial charge in [-0.2, -0.15) is 0 Å². The lowest BCUT2D eigenvalue weighted by molar-refractivity contribution is 0.262. The maximum absolute atomic E-state index is 5.99. The molecule has 2 aromatic rings. The average Bonchev–Trinajstić information content (AvgIpc) is 2.62. The molecule has 1 heterocycles. The van der Waals surface area contributed by atoms with Crippen molar-refractivity contribution in [2.75, 3.05) is 25.0 Å². The van der Waals surface area contributed by atoms with Crippen molar-refractivity contribution in [3.8, 4) is 0 Å². The second kappa shape index (κ2) is 9.77. The fourth-order valence-electron chi connectivity index (χ4n) is 3.07. The summed E-state index contributed by atoms with van der Waals surface area (Å²) in [6, 6.07) is 17.0. The molecule has 134 valence electrons. The SMILES string of the molecule is CCc1ccc(NC(N)=NCCN2CCc3ccccc3C2)cc1.I. The van der Waals surface area contributed by atoms with Crippen LogP contribution in [0.25, 0.3) is 0 Å². The second-order valence-electron chi connectivity index (χ2n) is 6.24. The summed E-state index contributed by atoms with van der Waals surface area (Å²) in [5.41, 5.74) is 11.2. The molecule has 2 aromatic carbocycles. The summed E-state index contributed by atoms with van der Waals surface area (Å²) >= 11 is 0. The molecule has 1 aliphatic rings. The first-order valence-electron chi connectivity index (χ1n) is 8.69. The van der Waals surface area contributed by atoms with Crippen LogP contribution < -0.4 is 11.1 Å². The van der Waals surface area contributed by atoms with Gasteiger partial charge in [0.2, 0.25) is 0 Å². The minimum Gasteiger partial charge on any atom is -0.370 e. The maximum Gasteiger partial charge on any atom is 0.193 e. The molecule has 3 rings (SSSR count). The average molecular weight is 450 g/mol. The lowest BCUT2D eigenvalue weighted by Gasteiger charge is -2.28. The normalized spacial score (nSPS) is 14.5. The van der Waals surface area contributed by atoms with Gasteiger partial charge in [0.15, 0.2) is 5.96 Å². The second-order valence-corrected chi connectivity index (χ2v) is 6.24. The van der Waals surface area contributed by atoms with E-state index in [0.717, 1.165) is 38.2 Å². The van der Waals surface area contributed by atoms with E-state index in [1.165, 1.54) is 16.7 Å². The summed E-state index contributed by atoms with van der Waals surface area (Å²) < 4.78 is 0. The molecule has 0 atom stereocenters. The molecule has 0 unspecified atom stereocenters. The van der Waals surface area contributed by atoms with Crippen molar-refractivity contribution in [1.29, 1.82) is 0 Å². The van der Waals surface area contributed by atoms with Crippen molar-refractivity contribution >= 4 is 35.6 Å². The predicted octanol–water partition coefficient (Wildman–Crippen LogP) is 3.65. The predicted molar refractivity (Wildman–Crippen MR) is 117 cm³/mol. The summed E-state index contributed by atoms with van der Waals surface area (Å²) in [6.07, 6.45) is 2.17. The number of nitrogens with one attached hydrogen (secondary N) is 1. The summed E-state index contributed by atoms with van der Waals surface area (Å²) in [7, 11) is 0. The number of nitrogens with zero attached hydrogens (tertiary/aromatic N) is 2. The van der Waals surface area contributed by atoms with E-state index < -0.39 is 0 Å². The lowest BCUT2D eigenvalue weighted by Crippen LogP contribution is -2.33. The smallest absolute Gasteiger partial charge is 0.193 e. The van der Waals surface area contributed by atoms with Gasteiger partial charge >= 0.3 is 0 Å². The van der Waals surface area contributed by atoms with E-state index in [4.69, 9.17) is 5.73 Å². The molecular formula is C20H27IN4. The topological polar surface area (TPSA) is 53.6 Å². The van der Waals surface area contributed by atoms with Gasteiger partial charge in [-0.1, -0.05) is 43.3 Å². The fraction of sp³-hybridized carbons (Fsp3) is 0.350. The maximum atomic E-state index is 5.99. The molecular weight excluding hydrogens is 423 g/mol. The number of guanidine groups is 1. The Kier molecular flexibility index (Phi) is 7.71. The summed E-state index contributed by atoms with van der Waals surface area (Å²) in [5, 5.41) is 3.16. The molecule has 0 spiro atoms. The highest BCUT2D eigenvalue weighted by molar-refractivity contribution is 14.0. The van der Waals surface area contributed by atoms with E-state index in [-0.39, 0.29) is 24.0 Å². The third kappa shape index (κ3) is 5.71. The fourth-order valence-corrected chi connectivity index (χ4v) is 3.07. The molecule has 4 nitrogen and oxygen atoms in total. The molecule has 3 N–H and O–H groups in total. The number of anilines is 1. The molecule has 0 amide bonds. The Labute approximate surface area is 167 Å². The number of halogens is 1. The Morgan fingerprint density at radius 3 is 2.56 bits per heavy atom. The zero-order valence-corrected chi connectivity index (χ0v) is 17.1. The molecule has 1 aliphatic heterocycles. The molecule has 0 aliphatic carbocycles. The molecule has 5 heteroatoms. The van der Waals surface area contributed by atoms with Gasteiger partial charge in [-0.15, -0.1) is 24.0 Å². The van der Waals surface area contributed by atoms with E-state index in [1.54, 1.807) is 0 Å². The molecule has 0 bridgehead atoms. The van der Waals surface area contributed by atoms with Gasteiger partial charge in [-0.05, 0) is 41.7 Å². The first-order chi connectivity index (χ1) is 11.7. The van der Waals surface area contributed by atoms with Gasteiger partial charge < -0.3 is 11.1 Å². The van der Waals surface area contributed by atoms with Gasteiger partial charge in [-0.25, -0.2) is 0 Å². The van der Waals surface area contributed by atoms with Crippen molar-refractivity contribution < 1.29 is 0 Å². The number of aliphatic imine (C=N–C) groups is 1. The van der Waals surface area contributed by atoms with Crippen molar-refractivity contribution in [1.82, 2.24) is 4.90 Å². The zero-order chi connectivity index (χ0) is 16.8. The van der Waals surface area contributed by atoms with Crippen LogP contribution in [0.5, 0.6) is 0 Å². The van der Waals surface area contributed by atoms with Crippen LogP contribution >= 0.6 is 24.0 Å². The van der Waals surface area contributed by atoms with Crippen LogP contribution in [-0.4, -0.2) is 30.5 Å². The van der Waals surface area contributed by atoms with Crippen LogP contribution in [0.3, 0.4) is 0 Å². The highest BCUT2D eigenvalue weighted by Gasteiger charge is 2.14. The van der Waals surface area contributed by atoms with Crippen molar-refractivity contribution in [3.63, 3.8) is 0 Å². The third-order valence-electron chi connectivity index (χ3n) is 4.54. The Hall–Kier alpha value is -1.60. The highest BCUT2D eigenvalue weighted by Crippen LogP contribution is 2.17. The van der Waals surface area contributed by atoms with Gasteiger partial charge in [0, 0.05) is 25.3 Å². The molecule has 0 aromatic heterocycles. The van der Waals surface area contributed by atoms with Crippen LogP contribution in [0.4, 0.5) is 5.69 Å². The first-order valence-corrected chi connectivity index (χ1v) is 8.69. The Balaban J connectivity index is 0.00000225. The number of aryl methyl sites for hydroxylation is 1. The van der Waals surface area contributed by atoms with E-state index in [2.05, 4.69) is 58.5 Å². The van der Waals surface area contributed by atoms with Gasteiger partial charge in [0.05, 0.1) is 6.54 Å². The minimum atomic E-state index is 0. The summed E-state index contributed by atoms with van der Waals surface area (Å²) in [6.45, 7) is 5.91. The van der Waals surface area contributed by atoms with Gasteiger partial charge in [-0.3, -0.25) is 9.89 Å². The van der Waals surface area contributed by atoms with E-state index in [9.17, 15) is 0 Å². The standard InChI is InChI=1S/C20H26N4.HI/c1-2-16-7-9-19(10-8-16)23-20(21)22-12-14-24-13-11-17-5-3-4-6-18(17)15-24;/h3-10H,2,11-15H2,1H3,(H3,21,22,23);1H.